The van der Waals surface area contributed by atoms with Crippen molar-refractivity contribution >= 4 is 46.3 Å². The van der Waals surface area contributed by atoms with E-state index in [1.54, 1.807) is 24.3 Å². The number of ketones is 1. The van der Waals surface area contributed by atoms with Crippen molar-refractivity contribution in [3.05, 3.63) is 62.6 Å². The smallest absolute Gasteiger partial charge is 0.194 e. The lowest BCUT2D eigenvalue weighted by molar-refractivity contribution is 0.103. The van der Waals surface area contributed by atoms with Gasteiger partial charge < -0.3 is 5.73 Å². The van der Waals surface area contributed by atoms with E-state index in [9.17, 15) is 4.79 Å². The third-order valence-corrected chi connectivity index (χ3v) is 3.34. The number of hydrogen-bond donors (Lipinski definition) is 1. The number of hydrogen-bond acceptors (Lipinski definition) is 2. The Kier molecular flexibility index (Phi) is 3.81. The number of nitrogen functional groups attached to an aromatic ring is 1. The van der Waals surface area contributed by atoms with Crippen molar-refractivity contribution in [2.75, 3.05) is 5.73 Å². The lowest BCUT2D eigenvalue weighted by Crippen LogP contribution is -2.03. The number of carbonyl (C=O) groups is 1. The van der Waals surface area contributed by atoms with Crippen LogP contribution in [0.1, 0.15) is 15.9 Å². The van der Waals surface area contributed by atoms with E-state index in [0.717, 1.165) is 0 Å². The lowest BCUT2D eigenvalue weighted by Gasteiger charge is -2.06. The summed E-state index contributed by atoms with van der Waals surface area (Å²) in [5.74, 6) is -0.245. The van der Waals surface area contributed by atoms with Crippen molar-refractivity contribution in [1.29, 1.82) is 0 Å². The average Bonchev–Trinajstić information content (AvgIpc) is 2.35. The van der Waals surface area contributed by atoms with E-state index in [1.807, 2.05) is 0 Å². The van der Waals surface area contributed by atoms with Gasteiger partial charge in [0.1, 0.15) is 0 Å². The third-order valence-electron chi connectivity index (χ3n) is 2.43. The van der Waals surface area contributed by atoms with Gasteiger partial charge in [-0.1, -0.05) is 34.8 Å². The summed E-state index contributed by atoms with van der Waals surface area (Å²) in [6.07, 6.45) is 0. The van der Waals surface area contributed by atoms with Gasteiger partial charge in [-0.05, 0) is 36.4 Å². The summed E-state index contributed by atoms with van der Waals surface area (Å²) in [6, 6.07) is 9.41. The molecule has 0 unspecified atom stereocenters. The molecular formula is C13H8Cl3NO. The minimum Gasteiger partial charge on any atom is -0.398 e. The highest BCUT2D eigenvalue weighted by Gasteiger charge is 2.14. The first-order chi connectivity index (χ1) is 8.49. The van der Waals surface area contributed by atoms with Crippen LogP contribution in [0.4, 0.5) is 5.69 Å². The number of benzene rings is 2. The summed E-state index contributed by atoms with van der Waals surface area (Å²) in [6.45, 7) is 0. The summed E-state index contributed by atoms with van der Waals surface area (Å²) < 4.78 is 0. The van der Waals surface area contributed by atoms with Gasteiger partial charge in [0, 0.05) is 16.1 Å². The Hall–Kier alpha value is -1.22. The van der Waals surface area contributed by atoms with E-state index in [2.05, 4.69) is 0 Å². The van der Waals surface area contributed by atoms with Crippen LogP contribution in [-0.4, -0.2) is 5.78 Å². The maximum atomic E-state index is 12.2. The maximum absolute atomic E-state index is 12.2. The van der Waals surface area contributed by atoms with Gasteiger partial charge in [0.05, 0.1) is 15.7 Å². The zero-order valence-electron chi connectivity index (χ0n) is 9.08. The summed E-state index contributed by atoms with van der Waals surface area (Å²) in [5.41, 5.74) is 6.77. The average molecular weight is 301 g/mol. The Bertz CT molecular complexity index is 626. The van der Waals surface area contributed by atoms with Gasteiger partial charge in [0.15, 0.2) is 5.78 Å². The fourth-order valence-corrected chi connectivity index (χ4v) is 2.01. The minimum atomic E-state index is -0.245. The minimum absolute atomic E-state index is 0.245. The third kappa shape index (κ3) is 2.61. The molecule has 0 aliphatic rings. The Morgan fingerprint density at radius 3 is 2.28 bits per heavy atom. The molecule has 92 valence electrons. The predicted octanol–water partition coefficient (Wildman–Crippen LogP) is 4.46. The summed E-state index contributed by atoms with van der Waals surface area (Å²) in [7, 11) is 0. The highest BCUT2D eigenvalue weighted by Crippen LogP contribution is 2.26. The predicted molar refractivity (Wildman–Crippen MR) is 75.8 cm³/mol. The lowest BCUT2D eigenvalue weighted by atomic mass is 10.0. The molecule has 0 aromatic heterocycles. The highest BCUT2D eigenvalue weighted by atomic mass is 35.5. The van der Waals surface area contributed by atoms with Crippen LogP contribution in [0.5, 0.6) is 0 Å². The van der Waals surface area contributed by atoms with Crippen molar-refractivity contribution < 1.29 is 4.79 Å². The number of rotatable bonds is 2. The van der Waals surface area contributed by atoms with Crippen LogP contribution in [-0.2, 0) is 0 Å². The zero-order chi connectivity index (χ0) is 13.3. The van der Waals surface area contributed by atoms with E-state index in [1.165, 1.54) is 12.1 Å². The van der Waals surface area contributed by atoms with Gasteiger partial charge >= 0.3 is 0 Å². The Morgan fingerprint density at radius 2 is 1.61 bits per heavy atom. The molecule has 0 aliphatic heterocycles. The fourth-order valence-electron chi connectivity index (χ4n) is 1.51. The number of halogens is 3. The first-order valence-corrected chi connectivity index (χ1v) is 6.17. The molecule has 5 heteroatoms. The molecular weight excluding hydrogens is 293 g/mol. The first-order valence-electron chi connectivity index (χ1n) is 5.04. The van der Waals surface area contributed by atoms with Gasteiger partial charge in [-0.3, -0.25) is 4.79 Å². The second-order valence-electron chi connectivity index (χ2n) is 3.69. The molecule has 0 saturated heterocycles. The SMILES string of the molecule is Nc1cc(C(=O)c2cc(Cl)ccc2Cl)ccc1Cl. The van der Waals surface area contributed by atoms with E-state index in [-0.39, 0.29) is 5.78 Å². The van der Waals surface area contributed by atoms with Crippen molar-refractivity contribution in [2.24, 2.45) is 0 Å². The van der Waals surface area contributed by atoms with Crippen LogP contribution < -0.4 is 5.73 Å². The van der Waals surface area contributed by atoms with E-state index >= 15 is 0 Å². The largest absolute Gasteiger partial charge is 0.398 e. The molecule has 2 aromatic rings. The number of carbonyl (C=O) groups excluding carboxylic acids is 1. The molecule has 2 nitrogen and oxygen atoms in total. The molecule has 2 aromatic carbocycles. The van der Waals surface area contributed by atoms with E-state index in [0.29, 0.717) is 31.9 Å². The van der Waals surface area contributed by atoms with Crippen LogP contribution in [0.2, 0.25) is 15.1 Å². The van der Waals surface area contributed by atoms with Gasteiger partial charge in [0.2, 0.25) is 0 Å². The van der Waals surface area contributed by atoms with Crippen LogP contribution in [0, 0.1) is 0 Å². The molecule has 0 amide bonds. The molecule has 0 atom stereocenters. The van der Waals surface area contributed by atoms with Gasteiger partial charge in [-0.15, -0.1) is 0 Å². The molecule has 0 fully saturated rings. The summed E-state index contributed by atoms with van der Waals surface area (Å²) in [5, 5.41) is 1.20. The fraction of sp³-hybridized carbons (Fsp3) is 0. The van der Waals surface area contributed by atoms with Gasteiger partial charge in [0.25, 0.3) is 0 Å². The molecule has 0 bridgehead atoms. The summed E-state index contributed by atoms with van der Waals surface area (Å²) in [4.78, 5) is 12.2. The van der Waals surface area contributed by atoms with Gasteiger partial charge in [-0.2, -0.15) is 0 Å². The van der Waals surface area contributed by atoms with Crippen LogP contribution >= 0.6 is 34.8 Å². The van der Waals surface area contributed by atoms with Crippen molar-refractivity contribution in [2.45, 2.75) is 0 Å². The highest BCUT2D eigenvalue weighted by molar-refractivity contribution is 6.37. The van der Waals surface area contributed by atoms with Crippen LogP contribution in [0.15, 0.2) is 36.4 Å². The zero-order valence-corrected chi connectivity index (χ0v) is 11.4. The number of nitrogens with two attached hydrogens (primary N) is 1. The van der Waals surface area contributed by atoms with Crippen LogP contribution in [0.3, 0.4) is 0 Å². The Labute approximate surface area is 119 Å². The monoisotopic (exact) mass is 299 g/mol. The van der Waals surface area contributed by atoms with Crippen LogP contribution in [0.25, 0.3) is 0 Å². The summed E-state index contributed by atoms with van der Waals surface area (Å²) >= 11 is 17.6. The quantitative estimate of drug-likeness (QED) is 0.657. The molecule has 0 saturated carbocycles. The van der Waals surface area contributed by atoms with E-state index in [4.69, 9.17) is 40.5 Å². The van der Waals surface area contributed by atoms with E-state index < -0.39 is 0 Å². The van der Waals surface area contributed by atoms with Crippen molar-refractivity contribution in [3.63, 3.8) is 0 Å². The Morgan fingerprint density at radius 1 is 0.944 bits per heavy atom. The number of anilines is 1. The second-order valence-corrected chi connectivity index (χ2v) is 4.94. The molecule has 2 rings (SSSR count). The topological polar surface area (TPSA) is 43.1 Å². The standard InChI is InChI=1S/C13H8Cl3NO/c14-8-2-4-10(15)9(6-8)13(18)7-1-3-11(16)12(17)5-7/h1-6H,17H2. The second kappa shape index (κ2) is 5.19. The molecule has 0 aliphatic carbocycles. The molecule has 0 heterocycles. The normalized spacial score (nSPS) is 10.4. The Balaban J connectivity index is 2.47. The molecule has 18 heavy (non-hydrogen) atoms. The first kappa shape index (κ1) is 13.2. The van der Waals surface area contributed by atoms with Gasteiger partial charge in [-0.25, -0.2) is 0 Å². The van der Waals surface area contributed by atoms with Crippen molar-refractivity contribution in [1.82, 2.24) is 0 Å². The molecule has 0 spiro atoms. The molecule has 0 radical (unpaired) electrons. The maximum Gasteiger partial charge on any atom is 0.194 e. The van der Waals surface area contributed by atoms with Crippen molar-refractivity contribution in [3.8, 4) is 0 Å². The molecule has 2 N–H and O–H groups in total.